The molecule has 0 aliphatic heterocycles. The van der Waals surface area contributed by atoms with E-state index in [4.69, 9.17) is 4.98 Å². The molecule has 0 fully saturated rings. The summed E-state index contributed by atoms with van der Waals surface area (Å²) in [6, 6.07) is 18.1. The third-order valence-corrected chi connectivity index (χ3v) is 5.04. The number of rotatable bonds is 8. The molecule has 0 radical (unpaired) electrons. The van der Waals surface area contributed by atoms with Crippen molar-refractivity contribution in [2.24, 2.45) is 0 Å². The minimum absolute atomic E-state index is 0.0278. The van der Waals surface area contributed by atoms with Crippen molar-refractivity contribution in [1.29, 1.82) is 0 Å². The van der Waals surface area contributed by atoms with Crippen LogP contribution in [0.15, 0.2) is 67.0 Å². The Hall–Kier alpha value is -3.54. The van der Waals surface area contributed by atoms with Crippen LogP contribution in [0.2, 0.25) is 0 Å². The molecule has 4 rings (SSSR count). The highest BCUT2D eigenvalue weighted by Gasteiger charge is 2.13. The fourth-order valence-electron chi connectivity index (χ4n) is 3.43. The Morgan fingerprint density at radius 1 is 1.00 bits per heavy atom. The van der Waals surface area contributed by atoms with E-state index in [9.17, 15) is 4.79 Å². The maximum atomic E-state index is 12.2. The van der Waals surface area contributed by atoms with E-state index in [0.29, 0.717) is 13.0 Å². The van der Waals surface area contributed by atoms with E-state index in [1.165, 1.54) is 11.1 Å². The van der Waals surface area contributed by atoms with Crippen molar-refractivity contribution in [2.75, 3.05) is 0 Å². The Bertz CT molecular complexity index is 1120. The highest BCUT2D eigenvalue weighted by molar-refractivity contribution is 5.75. The molecular weight excluding hydrogens is 374 g/mol. The second kappa shape index (κ2) is 9.31. The molecule has 0 spiro atoms. The van der Waals surface area contributed by atoms with Gasteiger partial charge in [0.2, 0.25) is 5.91 Å². The second-order valence-electron chi connectivity index (χ2n) is 7.40. The highest BCUT2D eigenvalue weighted by atomic mass is 16.1. The Labute approximate surface area is 176 Å². The van der Waals surface area contributed by atoms with Gasteiger partial charge in [0.25, 0.3) is 0 Å². The number of hydrogen-bond acceptors (Lipinski definition) is 4. The fraction of sp³-hybridized carbons (Fsp3) is 0.250. The number of aromatic nitrogens is 4. The molecule has 0 saturated carbocycles. The largest absolute Gasteiger partial charge is 0.350 e. The number of carbonyl (C=O) groups is 1. The molecule has 30 heavy (non-hydrogen) atoms. The predicted octanol–water partition coefficient (Wildman–Crippen LogP) is 3.82. The van der Waals surface area contributed by atoms with Crippen molar-refractivity contribution in [2.45, 2.75) is 39.3 Å². The van der Waals surface area contributed by atoms with Gasteiger partial charge in [-0.05, 0) is 43.2 Å². The van der Waals surface area contributed by atoms with Crippen molar-refractivity contribution in [3.8, 4) is 0 Å². The molecule has 6 nitrogen and oxygen atoms in total. The Morgan fingerprint density at radius 3 is 2.63 bits per heavy atom. The van der Waals surface area contributed by atoms with Crippen molar-refractivity contribution in [3.63, 3.8) is 0 Å². The molecule has 0 aliphatic carbocycles. The van der Waals surface area contributed by atoms with E-state index in [-0.39, 0.29) is 5.91 Å². The zero-order valence-electron chi connectivity index (χ0n) is 17.1. The van der Waals surface area contributed by atoms with E-state index < -0.39 is 0 Å². The van der Waals surface area contributed by atoms with Gasteiger partial charge in [-0.15, -0.1) is 0 Å². The van der Waals surface area contributed by atoms with Gasteiger partial charge in [-0.2, -0.15) is 0 Å². The molecule has 1 N–H and O–H groups in total. The Balaban J connectivity index is 1.40. The lowest BCUT2D eigenvalue weighted by molar-refractivity contribution is -0.121. The highest BCUT2D eigenvalue weighted by Crippen LogP contribution is 2.18. The molecule has 6 heteroatoms. The number of hydrogen-bond donors (Lipinski definition) is 1. The Morgan fingerprint density at radius 2 is 1.83 bits per heavy atom. The molecule has 4 aromatic rings. The molecule has 1 aromatic carbocycles. The zero-order chi connectivity index (χ0) is 20.8. The summed E-state index contributed by atoms with van der Waals surface area (Å²) < 4.78 is 2.16. The van der Waals surface area contributed by atoms with Gasteiger partial charge in [0, 0.05) is 25.2 Å². The third-order valence-electron chi connectivity index (χ3n) is 5.04. The van der Waals surface area contributed by atoms with Gasteiger partial charge in [-0.3, -0.25) is 9.78 Å². The Kier molecular flexibility index (Phi) is 6.13. The van der Waals surface area contributed by atoms with E-state index >= 15 is 0 Å². The van der Waals surface area contributed by atoms with Crippen molar-refractivity contribution in [3.05, 3.63) is 89.6 Å². The van der Waals surface area contributed by atoms with E-state index in [1.54, 1.807) is 12.4 Å². The van der Waals surface area contributed by atoms with Crippen LogP contribution in [0.3, 0.4) is 0 Å². The SMILES string of the molecule is Cc1ccc(Cn2c(CCCC(=O)NCc3ccccn3)nc3cccnc32)cc1. The molecule has 3 aromatic heterocycles. The molecule has 0 unspecified atom stereocenters. The average Bonchev–Trinajstić information content (AvgIpc) is 3.12. The van der Waals surface area contributed by atoms with Gasteiger partial charge in [-0.25, -0.2) is 9.97 Å². The van der Waals surface area contributed by atoms with Gasteiger partial charge in [0.1, 0.15) is 11.3 Å². The van der Waals surface area contributed by atoms with Crippen LogP contribution >= 0.6 is 0 Å². The summed E-state index contributed by atoms with van der Waals surface area (Å²) in [6.45, 7) is 3.26. The first-order valence-corrected chi connectivity index (χ1v) is 10.2. The van der Waals surface area contributed by atoms with Crippen LogP contribution in [0.1, 0.15) is 35.5 Å². The third kappa shape index (κ3) is 4.89. The summed E-state index contributed by atoms with van der Waals surface area (Å²) in [5, 5.41) is 2.93. The topological polar surface area (TPSA) is 72.7 Å². The lowest BCUT2D eigenvalue weighted by Crippen LogP contribution is -2.23. The molecule has 0 aliphatic rings. The van der Waals surface area contributed by atoms with Crippen LogP contribution in [0.4, 0.5) is 0 Å². The van der Waals surface area contributed by atoms with Gasteiger partial charge in [0.05, 0.1) is 18.8 Å². The minimum atomic E-state index is 0.0278. The molecule has 0 bridgehead atoms. The second-order valence-corrected chi connectivity index (χ2v) is 7.40. The summed E-state index contributed by atoms with van der Waals surface area (Å²) in [5.41, 5.74) is 5.08. The summed E-state index contributed by atoms with van der Waals surface area (Å²) in [4.78, 5) is 25.7. The van der Waals surface area contributed by atoms with Crippen molar-refractivity contribution >= 4 is 17.1 Å². The van der Waals surface area contributed by atoms with Crippen LogP contribution in [0.5, 0.6) is 0 Å². The molecule has 1 amide bonds. The number of nitrogens with zero attached hydrogens (tertiary/aromatic N) is 4. The predicted molar refractivity (Wildman–Crippen MR) is 117 cm³/mol. The first kappa shape index (κ1) is 19.8. The van der Waals surface area contributed by atoms with Gasteiger partial charge < -0.3 is 9.88 Å². The van der Waals surface area contributed by atoms with Gasteiger partial charge in [0.15, 0.2) is 5.65 Å². The summed E-state index contributed by atoms with van der Waals surface area (Å²) >= 11 is 0. The van der Waals surface area contributed by atoms with Crippen LogP contribution in [0.25, 0.3) is 11.2 Å². The lowest BCUT2D eigenvalue weighted by atomic mass is 10.1. The summed E-state index contributed by atoms with van der Waals surface area (Å²) in [5.74, 6) is 0.988. The first-order chi connectivity index (χ1) is 14.7. The van der Waals surface area contributed by atoms with E-state index in [2.05, 4.69) is 51.0 Å². The normalized spacial score (nSPS) is 11.0. The van der Waals surface area contributed by atoms with E-state index in [1.807, 2.05) is 30.3 Å². The standard InChI is InChI=1S/C24H25N5O/c1-18-10-12-19(13-11-18)17-29-22(28-21-7-5-15-26-24(21)29)8-4-9-23(30)27-16-20-6-2-3-14-25-20/h2-3,5-7,10-15H,4,8-9,16-17H2,1H3,(H,27,30). The smallest absolute Gasteiger partial charge is 0.220 e. The van der Waals surface area contributed by atoms with Gasteiger partial charge in [-0.1, -0.05) is 35.9 Å². The number of nitrogens with one attached hydrogen (secondary N) is 1. The number of imidazole rings is 1. The molecule has 0 atom stereocenters. The molecule has 152 valence electrons. The van der Waals surface area contributed by atoms with Crippen molar-refractivity contribution < 1.29 is 4.79 Å². The van der Waals surface area contributed by atoms with Crippen molar-refractivity contribution in [1.82, 2.24) is 24.8 Å². The van der Waals surface area contributed by atoms with Crippen LogP contribution in [-0.4, -0.2) is 25.4 Å². The average molecular weight is 399 g/mol. The number of amides is 1. The monoisotopic (exact) mass is 399 g/mol. The first-order valence-electron chi connectivity index (χ1n) is 10.2. The van der Waals surface area contributed by atoms with Crippen LogP contribution < -0.4 is 5.32 Å². The van der Waals surface area contributed by atoms with Crippen LogP contribution in [-0.2, 0) is 24.3 Å². The molecule has 3 heterocycles. The number of fused-ring (bicyclic) bond motifs is 1. The maximum absolute atomic E-state index is 12.2. The fourth-order valence-corrected chi connectivity index (χ4v) is 3.43. The number of aryl methyl sites for hydroxylation is 2. The number of benzene rings is 1. The summed E-state index contributed by atoms with van der Waals surface area (Å²) in [7, 11) is 0. The minimum Gasteiger partial charge on any atom is -0.350 e. The number of carbonyl (C=O) groups excluding carboxylic acids is 1. The lowest BCUT2D eigenvalue weighted by Gasteiger charge is -2.09. The summed E-state index contributed by atoms with van der Waals surface area (Å²) in [6.07, 6.45) is 5.43. The quantitative estimate of drug-likeness (QED) is 0.489. The molecule has 0 saturated heterocycles. The van der Waals surface area contributed by atoms with E-state index in [0.717, 1.165) is 42.1 Å². The van der Waals surface area contributed by atoms with Gasteiger partial charge >= 0.3 is 0 Å². The maximum Gasteiger partial charge on any atom is 0.220 e. The molecular formula is C24H25N5O. The number of pyridine rings is 2. The zero-order valence-corrected chi connectivity index (χ0v) is 17.1. The van der Waals surface area contributed by atoms with Crippen LogP contribution in [0, 0.1) is 6.92 Å².